The number of hydrogen-bond donors (Lipinski definition) is 2. The number of piperidine rings is 1. The van der Waals surface area contributed by atoms with Crippen LogP contribution in [0, 0.1) is 11.8 Å². The van der Waals surface area contributed by atoms with Crippen LogP contribution in [-0.2, 0) is 4.79 Å². The molecule has 3 heteroatoms. The van der Waals surface area contributed by atoms with Crippen LogP contribution < -0.4 is 10.6 Å². The molecule has 2 aliphatic rings. The average Bonchev–Trinajstić information content (AvgIpc) is 2.65. The second kappa shape index (κ2) is 4.74. The molecular formula is C13H24N2O. The number of nitrogens with one attached hydrogen (secondary N) is 2. The van der Waals surface area contributed by atoms with Crippen LogP contribution >= 0.6 is 0 Å². The van der Waals surface area contributed by atoms with Gasteiger partial charge < -0.3 is 10.6 Å². The van der Waals surface area contributed by atoms with Crippen molar-refractivity contribution < 1.29 is 4.79 Å². The molecule has 0 aromatic heterocycles. The summed E-state index contributed by atoms with van der Waals surface area (Å²) in [5, 5.41) is 6.61. The quantitative estimate of drug-likeness (QED) is 0.749. The molecule has 16 heavy (non-hydrogen) atoms. The summed E-state index contributed by atoms with van der Waals surface area (Å²) in [6, 6.07) is 0. The molecule has 0 aromatic carbocycles. The number of amides is 1. The topological polar surface area (TPSA) is 41.1 Å². The summed E-state index contributed by atoms with van der Waals surface area (Å²) in [5.41, 5.74) is 0.0811. The Balaban J connectivity index is 1.87. The van der Waals surface area contributed by atoms with Crippen molar-refractivity contribution in [3.05, 3.63) is 0 Å². The normalized spacial score (nSPS) is 33.6. The first kappa shape index (κ1) is 11.9. The third-order valence-electron chi connectivity index (χ3n) is 4.07. The Morgan fingerprint density at radius 2 is 2.00 bits per heavy atom. The average molecular weight is 224 g/mol. The van der Waals surface area contributed by atoms with Crippen molar-refractivity contribution in [3.8, 4) is 0 Å². The minimum Gasteiger partial charge on any atom is -0.351 e. The van der Waals surface area contributed by atoms with Gasteiger partial charge in [-0.05, 0) is 38.6 Å². The molecule has 92 valence electrons. The molecule has 1 aliphatic carbocycles. The van der Waals surface area contributed by atoms with Crippen LogP contribution in [0.3, 0.4) is 0 Å². The second-order valence-electron chi connectivity index (χ2n) is 5.95. The fourth-order valence-electron chi connectivity index (χ4n) is 3.04. The molecule has 2 unspecified atom stereocenters. The minimum absolute atomic E-state index is 0.0811. The molecule has 0 bridgehead atoms. The first-order chi connectivity index (χ1) is 7.59. The van der Waals surface area contributed by atoms with Crippen molar-refractivity contribution >= 4 is 5.91 Å². The SMILES string of the molecule is CC1CNCC(C(=O)NC2(C)CCCC2)C1. The summed E-state index contributed by atoms with van der Waals surface area (Å²) in [6.07, 6.45) is 5.85. The third kappa shape index (κ3) is 2.76. The van der Waals surface area contributed by atoms with Gasteiger partial charge >= 0.3 is 0 Å². The van der Waals surface area contributed by atoms with E-state index in [9.17, 15) is 4.79 Å². The maximum atomic E-state index is 12.2. The van der Waals surface area contributed by atoms with Gasteiger partial charge in [-0.15, -0.1) is 0 Å². The standard InChI is InChI=1S/C13H24N2O/c1-10-7-11(9-14-8-10)12(16)15-13(2)5-3-4-6-13/h10-11,14H,3-9H2,1-2H3,(H,15,16). The molecule has 2 N–H and O–H groups in total. The van der Waals surface area contributed by atoms with Crippen LogP contribution in [0.25, 0.3) is 0 Å². The lowest BCUT2D eigenvalue weighted by Crippen LogP contribution is -2.50. The van der Waals surface area contributed by atoms with Gasteiger partial charge in [0.25, 0.3) is 0 Å². The third-order valence-corrected chi connectivity index (χ3v) is 4.07. The van der Waals surface area contributed by atoms with Crippen molar-refractivity contribution in [3.63, 3.8) is 0 Å². The molecule has 0 spiro atoms. The smallest absolute Gasteiger partial charge is 0.224 e. The number of carbonyl (C=O) groups is 1. The zero-order chi connectivity index (χ0) is 11.6. The first-order valence-electron chi connectivity index (χ1n) is 6.62. The van der Waals surface area contributed by atoms with Gasteiger partial charge in [-0.1, -0.05) is 19.8 Å². The lowest BCUT2D eigenvalue weighted by atomic mass is 9.90. The second-order valence-corrected chi connectivity index (χ2v) is 5.95. The Bertz CT molecular complexity index is 259. The van der Waals surface area contributed by atoms with E-state index in [0.29, 0.717) is 5.92 Å². The Morgan fingerprint density at radius 3 is 2.62 bits per heavy atom. The zero-order valence-electron chi connectivity index (χ0n) is 10.5. The predicted molar refractivity (Wildman–Crippen MR) is 65.2 cm³/mol. The van der Waals surface area contributed by atoms with Crippen LogP contribution in [0.15, 0.2) is 0 Å². The molecule has 0 aromatic rings. The highest BCUT2D eigenvalue weighted by Gasteiger charge is 2.33. The van der Waals surface area contributed by atoms with Gasteiger partial charge in [-0.3, -0.25) is 4.79 Å². The Labute approximate surface area is 98.4 Å². The first-order valence-corrected chi connectivity index (χ1v) is 6.62. The van der Waals surface area contributed by atoms with E-state index in [-0.39, 0.29) is 17.4 Å². The van der Waals surface area contributed by atoms with Crippen molar-refractivity contribution in [2.24, 2.45) is 11.8 Å². The maximum Gasteiger partial charge on any atom is 0.224 e. The van der Waals surface area contributed by atoms with Crippen molar-refractivity contribution in [2.45, 2.75) is 51.5 Å². The molecule has 2 rings (SSSR count). The lowest BCUT2D eigenvalue weighted by Gasteiger charge is -2.31. The van der Waals surface area contributed by atoms with E-state index in [1.165, 1.54) is 12.8 Å². The summed E-state index contributed by atoms with van der Waals surface area (Å²) in [4.78, 5) is 12.2. The summed E-state index contributed by atoms with van der Waals surface area (Å²) in [5.74, 6) is 1.07. The molecule has 1 heterocycles. The monoisotopic (exact) mass is 224 g/mol. The molecule has 1 saturated heterocycles. The Kier molecular flexibility index (Phi) is 3.53. The van der Waals surface area contributed by atoms with Crippen LogP contribution in [-0.4, -0.2) is 24.5 Å². The molecule has 0 radical (unpaired) electrons. The minimum atomic E-state index is 0.0811. The number of hydrogen-bond acceptors (Lipinski definition) is 2. The Hall–Kier alpha value is -0.570. The van der Waals surface area contributed by atoms with Crippen LogP contribution in [0.4, 0.5) is 0 Å². The van der Waals surface area contributed by atoms with Gasteiger partial charge in [-0.25, -0.2) is 0 Å². The summed E-state index contributed by atoms with van der Waals surface area (Å²) >= 11 is 0. The molecule has 2 fully saturated rings. The van der Waals surface area contributed by atoms with E-state index in [1.54, 1.807) is 0 Å². The van der Waals surface area contributed by atoms with Gasteiger partial charge in [0.05, 0.1) is 5.92 Å². The summed E-state index contributed by atoms with van der Waals surface area (Å²) < 4.78 is 0. The van der Waals surface area contributed by atoms with Crippen molar-refractivity contribution in [1.82, 2.24) is 10.6 Å². The van der Waals surface area contributed by atoms with Crippen molar-refractivity contribution in [2.75, 3.05) is 13.1 Å². The molecule has 1 aliphatic heterocycles. The largest absolute Gasteiger partial charge is 0.351 e. The fourth-order valence-corrected chi connectivity index (χ4v) is 3.04. The molecule has 1 saturated carbocycles. The summed E-state index contributed by atoms with van der Waals surface area (Å²) in [7, 11) is 0. The van der Waals surface area contributed by atoms with Gasteiger partial charge in [0.1, 0.15) is 0 Å². The van der Waals surface area contributed by atoms with Gasteiger partial charge in [-0.2, -0.15) is 0 Å². The van der Waals surface area contributed by atoms with Gasteiger partial charge in [0.2, 0.25) is 5.91 Å². The van der Waals surface area contributed by atoms with Crippen LogP contribution in [0.1, 0.15) is 46.0 Å². The molecule has 1 amide bonds. The highest BCUT2D eigenvalue weighted by molar-refractivity contribution is 5.79. The van der Waals surface area contributed by atoms with Crippen LogP contribution in [0.5, 0.6) is 0 Å². The highest BCUT2D eigenvalue weighted by atomic mass is 16.2. The predicted octanol–water partition coefficient (Wildman–Crippen LogP) is 1.68. The van der Waals surface area contributed by atoms with Gasteiger partial charge in [0, 0.05) is 12.1 Å². The molecule has 2 atom stereocenters. The van der Waals surface area contributed by atoms with E-state index in [1.807, 2.05) is 0 Å². The fraction of sp³-hybridized carbons (Fsp3) is 0.923. The zero-order valence-corrected chi connectivity index (χ0v) is 10.5. The molecular weight excluding hydrogens is 200 g/mol. The number of rotatable bonds is 2. The van der Waals surface area contributed by atoms with E-state index < -0.39 is 0 Å². The van der Waals surface area contributed by atoms with E-state index in [4.69, 9.17) is 0 Å². The van der Waals surface area contributed by atoms with Crippen LogP contribution in [0.2, 0.25) is 0 Å². The lowest BCUT2D eigenvalue weighted by molar-refractivity contribution is -0.127. The molecule has 3 nitrogen and oxygen atoms in total. The van der Waals surface area contributed by atoms with Gasteiger partial charge in [0.15, 0.2) is 0 Å². The van der Waals surface area contributed by atoms with E-state index in [0.717, 1.165) is 32.4 Å². The van der Waals surface area contributed by atoms with E-state index >= 15 is 0 Å². The number of carbonyl (C=O) groups excluding carboxylic acids is 1. The Morgan fingerprint density at radius 1 is 1.31 bits per heavy atom. The van der Waals surface area contributed by atoms with E-state index in [2.05, 4.69) is 24.5 Å². The summed E-state index contributed by atoms with van der Waals surface area (Å²) in [6.45, 7) is 6.31. The highest BCUT2D eigenvalue weighted by Crippen LogP contribution is 2.29. The van der Waals surface area contributed by atoms with Crippen molar-refractivity contribution in [1.29, 1.82) is 0 Å². The maximum absolute atomic E-state index is 12.2.